The summed E-state index contributed by atoms with van der Waals surface area (Å²) in [5.74, 6) is -1.40. The molecule has 9 nitrogen and oxygen atoms in total. The fourth-order valence-electron chi connectivity index (χ4n) is 4.06. The van der Waals surface area contributed by atoms with E-state index in [2.05, 4.69) is 5.32 Å². The summed E-state index contributed by atoms with van der Waals surface area (Å²) in [6, 6.07) is 16.3. The van der Waals surface area contributed by atoms with Crippen LogP contribution in [0, 0.1) is 0 Å². The van der Waals surface area contributed by atoms with Crippen molar-refractivity contribution in [1.82, 2.24) is 10.2 Å². The van der Waals surface area contributed by atoms with Gasteiger partial charge in [0.15, 0.2) is 6.61 Å². The number of carbonyl (C=O) groups is 4. The molecule has 4 atom stereocenters. The minimum absolute atomic E-state index is 0.0498. The highest BCUT2D eigenvalue weighted by molar-refractivity contribution is 8.01. The number of nitrogens with one attached hydrogen (secondary N) is 1. The van der Waals surface area contributed by atoms with Gasteiger partial charge in [-0.25, -0.2) is 4.79 Å². The van der Waals surface area contributed by atoms with E-state index in [4.69, 9.17) is 14.2 Å². The lowest BCUT2D eigenvalue weighted by molar-refractivity contribution is -0.166. The lowest BCUT2D eigenvalue weighted by atomic mass is 9.95. The molecule has 2 aromatic rings. The molecule has 0 radical (unpaired) electrons. The number of hydrogen-bond donors (Lipinski definition) is 1. The number of ether oxygens (including phenoxy) is 3. The second-order valence-electron chi connectivity index (χ2n) is 8.49. The number of benzene rings is 2. The monoisotopic (exact) mass is 498 g/mol. The van der Waals surface area contributed by atoms with E-state index in [0.29, 0.717) is 5.75 Å². The van der Waals surface area contributed by atoms with Crippen LogP contribution in [0.15, 0.2) is 60.7 Å². The number of thioether (sulfide) groups is 1. The Morgan fingerprint density at radius 1 is 1.03 bits per heavy atom. The van der Waals surface area contributed by atoms with Crippen LogP contribution in [0.2, 0.25) is 0 Å². The molecule has 1 N–H and O–H groups in total. The highest BCUT2D eigenvalue weighted by Crippen LogP contribution is 2.51. The van der Waals surface area contributed by atoms with Crippen molar-refractivity contribution >= 4 is 35.5 Å². The van der Waals surface area contributed by atoms with Gasteiger partial charge in [0.2, 0.25) is 5.91 Å². The Bertz CT molecular complexity index is 1100. The minimum atomic E-state index is -0.971. The van der Waals surface area contributed by atoms with E-state index in [0.717, 1.165) is 5.56 Å². The number of fused-ring (bicyclic) bond motifs is 1. The molecule has 2 amide bonds. The molecule has 0 bridgehead atoms. The third kappa shape index (κ3) is 5.43. The van der Waals surface area contributed by atoms with Gasteiger partial charge in [-0.1, -0.05) is 48.5 Å². The number of para-hydroxylation sites is 1. The third-order valence-corrected chi connectivity index (χ3v) is 7.39. The van der Waals surface area contributed by atoms with Gasteiger partial charge in [-0.2, -0.15) is 0 Å². The predicted molar refractivity (Wildman–Crippen MR) is 127 cm³/mol. The summed E-state index contributed by atoms with van der Waals surface area (Å²) < 4.78 is 15.3. The Morgan fingerprint density at radius 3 is 2.34 bits per heavy atom. The van der Waals surface area contributed by atoms with Crippen LogP contribution in [0.4, 0.5) is 0 Å². The van der Waals surface area contributed by atoms with E-state index in [1.165, 1.54) is 23.6 Å². The second kappa shape index (κ2) is 10.4. The molecule has 2 saturated heterocycles. The first kappa shape index (κ1) is 24.6. The summed E-state index contributed by atoms with van der Waals surface area (Å²) in [6.07, 6.45) is 0. The van der Waals surface area contributed by atoms with Crippen molar-refractivity contribution in [3.63, 3.8) is 0 Å². The number of β-lactam (4-membered cyclic amide) rings is 1. The van der Waals surface area contributed by atoms with Crippen molar-refractivity contribution in [3.05, 3.63) is 66.2 Å². The van der Waals surface area contributed by atoms with Gasteiger partial charge in [-0.15, -0.1) is 11.8 Å². The van der Waals surface area contributed by atoms with Gasteiger partial charge in [0, 0.05) is 6.92 Å². The zero-order chi connectivity index (χ0) is 25.0. The molecule has 2 fully saturated rings. The predicted octanol–water partition coefficient (Wildman–Crippen LogP) is 1.90. The van der Waals surface area contributed by atoms with Gasteiger partial charge in [0.05, 0.1) is 4.75 Å². The normalized spacial score (nSPS) is 24.7. The molecule has 0 saturated carbocycles. The number of amides is 2. The van der Waals surface area contributed by atoms with Crippen molar-refractivity contribution in [1.29, 1.82) is 0 Å². The Balaban J connectivity index is 1.42. The van der Waals surface area contributed by atoms with Crippen LogP contribution in [-0.2, 0) is 35.3 Å². The van der Waals surface area contributed by atoms with Crippen LogP contribution >= 0.6 is 11.8 Å². The first-order valence-corrected chi connectivity index (χ1v) is 12.0. The molecular weight excluding hydrogens is 472 g/mol. The molecule has 35 heavy (non-hydrogen) atoms. The number of esters is 2. The topological polar surface area (TPSA) is 111 Å². The fraction of sp³-hybridized carbons (Fsp3) is 0.360. The summed E-state index contributed by atoms with van der Waals surface area (Å²) in [6.45, 7) is 2.74. The van der Waals surface area contributed by atoms with Crippen LogP contribution < -0.4 is 10.1 Å². The average Bonchev–Trinajstić information content (AvgIpc) is 3.14. The summed E-state index contributed by atoms with van der Waals surface area (Å²) in [5, 5.41) is 2.19. The summed E-state index contributed by atoms with van der Waals surface area (Å²) in [4.78, 5) is 51.4. The number of rotatable bonds is 9. The van der Waals surface area contributed by atoms with Crippen LogP contribution in [0.5, 0.6) is 5.75 Å². The van der Waals surface area contributed by atoms with E-state index >= 15 is 0 Å². The lowest BCUT2D eigenvalue weighted by Crippen LogP contribution is -2.71. The molecule has 2 aliphatic rings. The fourth-order valence-corrected chi connectivity index (χ4v) is 5.74. The molecular formula is C25H26N2O7S. The van der Waals surface area contributed by atoms with Gasteiger partial charge in [0.1, 0.15) is 36.4 Å². The van der Waals surface area contributed by atoms with Crippen molar-refractivity contribution in [2.24, 2.45) is 0 Å². The molecule has 0 spiro atoms. The number of carbonyl (C=O) groups excluding carboxylic acids is 4. The molecule has 10 heteroatoms. The van der Waals surface area contributed by atoms with Gasteiger partial charge >= 0.3 is 11.9 Å². The zero-order valence-electron chi connectivity index (χ0n) is 19.3. The largest absolute Gasteiger partial charge is 0.484 e. The molecule has 2 heterocycles. The van der Waals surface area contributed by atoms with E-state index < -0.39 is 46.0 Å². The van der Waals surface area contributed by atoms with Gasteiger partial charge < -0.3 is 24.4 Å². The van der Waals surface area contributed by atoms with Crippen molar-refractivity contribution in [2.75, 3.05) is 13.2 Å². The van der Waals surface area contributed by atoms with E-state index in [-0.39, 0.29) is 19.8 Å². The van der Waals surface area contributed by atoms with Crippen molar-refractivity contribution < 1.29 is 33.4 Å². The third-order valence-electron chi connectivity index (χ3n) is 5.77. The molecule has 2 aliphatic heterocycles. The number of nitrogens with zero attached hydrogens (tertiary/aromatic N) is 1. The highest BCUT2D eigenvalue weighted by atomic mass is 32.2. The van der Waals surface area contributed by atoms with Crippen LogP contribution in [0.25, 0.3) is 0 Å². The Kier molecular flexibility index (Phi) is 7.30. The number of hydrogen-bond acceptors (Lipinski definition) is 8. The maximum atomic E-state index is 13.1. The SMILES string of the molecule is CC(=O)OCC1(C)S[C@H]2C(NC(=O)COc3ccccc3)C(=O)N2C1C(=O)OCc1ccccc1. The molecule has 184 valence electrons. The molecule has 4 rings (SSSR count). The summed E-state index contributed by atoms with van der Waals surface area (Å²) in [7, 11) is 0. The summed E-state index contributed by atoms with van der Waals surface area (Å²) in [5.41, 5.74) is 0.809. The first-order chi connectivity index (χ1) is 16.8. The standard InChI is InChI=1S/C25H26N2O7S/c1-16(28)34-15-25(2)21(24(31)33-13-17-9-5-3-6-10-17)27-22(30)20(23(27)35-25)26-19(29)14-32-18-11-7-4-8-12-18/h3-12,20-21,23H,13-15H2,1-2H3,(H,26,29)/t20?,21?,23-,25?/m0/s1. The Hall–Kier alpha value is -3.53. The second-order valence-corrected chi connectivity index (χ2v) is 10.1. The van der Waals surface area contributed by atoms with Gasteiger partial charge in [-0.3, -0.25) is 14.4 Å². The first-order valence-electron chi connectivity index (χ1n) is 11.1. The Morgan fingerprint density at radius 2 is 1.69 bits per heavy atom. The van der Waals surface area contributed by atoms with Crippen LogP contribution in [-0.4, -0.2) is 64.1 Å². The molecule has 2 aromatic carbocycles. The highest BCUT2D eigenvalue weighted by Gasteiger charge is 2.66. The van der Waals surface area contributed by atoms with Crippen molar-refractivity contribution in [3.8, 4) is 5.75 Å². The zero-order valence-corrected chi connectivity index (χ0v) is 20.2. The maximum absolute atomic E-state index is 13.1. The molecule has 0 aromatic heterocycles. The Labute approximate surface area is 207 Å². The van der Waals surface area contributed by atoms with Crippen LogP contribution in [0.1, 0.15) is 19.4 Å². The maximum Gasteiger partial charge on any atom is 0.330 e. The smallest absolute Gasteiger partial charge is 0.330 e. The lowest BCUT2D eigenvalue weighted by Gasteiger charge is -2.43. The van der Waals surface area contributed by atoms with E-state index in [9.17, 15) is 19.2 Å². The quantitative estimate of drug-likeness (QED) is 0.412. The molecule has 0 aliphatic carbocycles. The van der Waals surface area contributed by atoms with Gasteiger partial charge in [0.25, 0.3) is 5.91 Å². The molecule has 3 unspecified atom stereocenters. The van der Waals surface area contributed by atoms with Crippen LogP contribution in [0.3, 0.4) is 0 Å². The van der Waals surface area contributed by atoms with Gasteiger partial charge in [-0.05, 0) is 24.6 Å². The summed E-state index contributed by atoms with van der Waals surface area (Å²) >= 11 is 1.30. The van der Waals surface area contributed by atoms with E-state index in [1.807, 2.05) is 36.4 Å². The average molecular weight is 499 g/mol. The van der Waals surface area contributed by atoms with Crippen molar-refractivity contribution in [2.45, 2.75) is 42.7 Å². The minimum Gasteiger partial charge on any atom is -0.484 e. The van der Waals surface area contributed by atoms with E-state index in [1.54, 1.807) is 31.2 Å².